The van der Waals surface area contributed by atoms with Crippen LogP contribution >= 0.6 is 0 Å². The highest BCUT2D eigenvalue weighted by Crippen LogP contribution is 2.31. The molecule has 1 aromatic carbocycles. The van der Waals surface area contributed by atoms with E-state index in [1.807, 2.05) is 0 Å². The first-order valence-electron chi connectivity index (χ1n) is 51.1. The number of hydrogen-bond acceptors (Lipinski definition) is 27. The van der Waals surface area contributed by atoms with E-state index >= 15 is 38.4 Å². The average molecular weight is 2110 g/mol. The Morgan fingerprint density at radius 3 is 1.17 bits per heavy atom. The Bertz CT molecular complexity index is 5170. The number of aliphatic carboxylic acids is 1. The molecule has 0 aliphatic carbocycles. The number of hydrogen-bond donors (Lipinski definition) is 27. The van der Waals surface area contributed by atoms with Crippen LogP contribution in [0.15, 0.2) is 36.8 Å². The van der Waals surface area contributed by atoms with Crippen LogP contribution in [0.1, 0.15) is 207 Å². The molecule has 7 heterocycles. The molecule has 6 aliphatic heterocycles. The molecule has 6 fully saturated rings. The second-order valence-electron chi connectivity index (χ2n) is 39.1. The molecular weight excluding hydrogens is 1960 g/mol. The number of phenols is 1. The first-order valence-corrected chi connectivity index (χ1v) is 51.1. The summed E-state index contributed by atoms with van der Waals surface area (Å²) >= 11 is 0. The van der Waals surface area contributed by atoms with Crippen LogP contribution in [0.3, 0.4) is 0 Å². The summed E-state index contributed by atoms with van der Waals surface area (Å²) in [5.41, 5.74) is 39.3. The van der Waals surface area contributed by atoms with Gasteiger partial charge in [0.1, 0.15) is 108 Å². The Morgan fingerprint density at radius 2 is 0.747 bits per heavy atom. The van der Waals surface area contributed by atoms with Crippen LogP contribution < -0.4 is 115 Å². The molecule has 0 bridgehead atoms. The van der Waals surface area contributed by atoms with Crippen LogP contribution in [0.2, 0.25) is 0 Å². The number of primary amides is 3. The predicted molar refractivity (Wildman–Crippen MR) is 538 cm³/mol. The monoisotopic (exact) mass is 2110 g/mol. The number of carbonyl (C=O) groups excluding carboxylic acids is 20. The number of nitrogens with zero attached hydrogens (tertiary/aromatic N) is 7. The van der Waals surface area contributed by atoms with Gasteiger partial charge in [-0.2, -0.15) is 0 Å². The molecular formula is C95H150N32O23. The number of carboxylic acids is 1. The number of amides is 20. The first kappa shape index (κ1) is 120. The van der Waals surface area contributed by atoms with Crippen molar-refractivity contribution in [2.24, 2.45) is 57.9 Å². The lowest BCUT2D eigenvalue weighted by atomic mass is 9.96. The molecule has 19 unspecified atom stereocenters. The summed E-state index contributed by atoms with van der Waals surface area (Å²) in [5.74, 6) is -21.9. The highest BCUT2D eigenvalue weighted by molar-refractivity contribution is 6.03. The second-order valence-corrected chi connectivity index (χ2v) is 39.1. The van der Waals surface area contributed by atoms with Crippen molar-refractivity contribution in [2.75, 3.05) is 65.4 Å². The van der Waals surface area contributed by atoms with E-state index < -0.39 is 289 Å². The van der Waals surface area contributed by atoms with Crippen molar-refractivity contribution in [1.29, 1.82) is 16.2 Å². The number of H-pyrrole nitrogens is 1. The Hall–Kier alpha value is -15.1. The van der Waals surface area contributed by atoms with Crippen LogP contribution in [0, 0.1) is 34.0 Å². The van der Waals surface area contributed by atoms with E-state index in [1.54, 1.807) is 41.5 Å². The number of aromatic hydroxyl groups is 1. The van der Waals surface area contributed by atoms with Gasteiger partial charge in [-0.05, 0) is 157 Å². The summed E-state index contributed by atoms with van der Waals surface area (Å²) in [7, 11) is 0. The van der Waals surface area contributed by atoms with Crippen molar-refractivity contribution in [3.63, 3.8) is 0 Å². The molecule has 1 aromatic heterocycles. The van der Waals surface area contributed by atoms with Crippen molar-refractivity contribution >= 4 is 142 Å². The van der Waals surface area contributed by atoms with E-state index in [4.69, 9.17) is 56.4 Å². The number of nitrogens with one attached hydrogen (secondary N) is 18. The van der Waals surface area contributed by atoms with Gasteiger partial charge in [0.25, 0.3) is 0 Å². The van der Waals surface area contributed by atoms with Gasteiger partial charge in [0.05, 0.1) is 25.7 Å². The molecule has 8 rings (SSSR count). The smallest absolute Gasteiger partial charge is 0.326 e. The standard InChI is InChI=1S/C95H150N32O23/c1-7-50(5)74(120-79(136)59(42-52-27-29-54(128)30-28-52)117-85(142)73(49(3)4)119-84(141)67-25-14-37-123(67)86(143)56(19-10-34-108-94(102)103)113-78(135)61(45-71(99)131)116-77(134)60(44-70(98)130)111-72(132)46-96)91(148)126-40-16-24-66(126)82(139)115-58(31-32-69(97)129)88(145)122-36-12-22-64(122)81(138)114-57(20-11-35-109-95(104)105)87(144)127-41-17-26-68(127)90(147)125-39-15-23-65(125)83(140)118-62(43-53-47-106-48-110-53)89(146)124-38-13-21-63(124)80(137)112-55(18-9-33-107-93(100)101)76(133)121-75(92(149)150)51(6)8-2/h27-30,47-51,55-68,73-75,128H,7-26,31-46,96H2,1-6H3,(H2,97,129)(H2,98,130)(H2,99,131)(H,106,110)(H,111,132)(H,112,137)(H,113,135)(H,114,138)(H,115,139)(H,116,134)(H,117,142)(H,118,140)(H,119,141)(H,120,136)(H,121,133)(H,149,150)(H4,100,101,107)(H4,102,103,108)(H4,104,105,109). The maximum Gasteiger partial charge on any atom is 0.326 e. The Balaban J connectivity index is 0.954. The molecule has 6 aliphatic rings. The molecule has 150 heavy (non-hydrogen) atoms. The third-order valence-corrected chi connectivity index (χ3v) is 27.8. The summed E-state index contributed by atoms with van der Waals surface area (Å²) in [5, 5.41) is 80.2. The molecule has 0 saturated carbocycles. The SMILES string of the molecule is CCC(C)C(NC(=O)C(CCCNC(=N)N)NC(=O)C1CCCN1C(=O)C(Cc1cnc[nH]1)NC(=O)C1CCCN1C(=O)C1CCCN1C(=O)C(CCCNC(=N)N)NC(=O)C1CCCN1C(=O)C(CCC(N)=O)NC(=O)C1CCCN1C(=O)C(NC(=O)C(Cc1ccc(O)cc1)NC(=O)C(NC(=O)C1CCCN1C(=O)C(CCCNC(=N)N)NC(=O)C(CC(N)=O)NC(=O)C(CC(N)=O)NC(=O)CN)C(C)C)C(C)CC)C(=O)O. The molecule has 828 valence electrons. The molecule has 2 aromatic rings. The number of likely N-dealkylation sites (tertiary alicyclic amines) is 6. The van der Waals surface area contributed by atoms with E-state index in [9.17, 15) is 72.5 Å². The highest BCUT2D eigenvalue weighted by atomic mass is 16.4. The number of carbonyl (C=O) groups is 21. The van der Waals surface area contributed by atoms with Crippen LogP contribution in [-0.4, -0.2) is 360 Å². The highest BCUT2D eigenvalue weighted by Gasteiger charge is 2.50. The van der Waals surface area contributed by atoms with Gasteiger partial charge in [-0.1, -0.05) is 66.5 Å². The van der Waals surface area contributed by atoms with Crippen LogP contribution in [0.4, 0.5) is 0 Å². The van der Waals surface area contributed by atoms with E-state index in [0.29, 0.717) is 36.9 Å². The fraction of sp³-hybridized carbons (Fsp3) is 0.653. The lowest BCUT2D eigenvalue weighted by Crippen LogP contribution is -2.62. The maximum absolute atomic E-state index is 15.4. The fourth-order valence-corrected chi connectivity index (χ4v) is 19.4. The Kier molecular flexibility index (Phi) is 46.4. The zero-order chi connectivity index (χ0) is 111. The maximum atomic E-state index is 15.4. The molecule has 6 saturated heterocycles. The largest absolute Gasteiger partial charge is 0.508 e. The van der Waals surface area contributed by atoms with Gasteiger partial charge in [-0.15, -0.1) is 0 Å². The molecule has 20 amide bonds. The molecule has 0 spiro atoms. The number of benzene rings is 1. The van der Waals surface area contributed by atoms with Crippen LogP contribution in [-0.2, 0) is 114 Å². The van der Waals surface area contributed by atoms with Crippen molar-refractivity contribution in [3.05, 3.63) is 48.0 Å². The van der Waals surface area contributed by atoms with E-state index in [0.717, 1.165) is 4.90 Å². The van der Waals surface area contributed by atoms with Gasteiger partial charge in [0, 0.05) is 90.1 Å². The number of rotatable bonds is 57. The predicted octanol–water partition coefficient (Wildman–Crippen LogP) is -8.22. The molecule has 19 atom stereocenters. The van der Waals surface area contributed by atoms with Gasteiger partial charge in [-0.25, -0.2) is 9.78 Å². The second kappa shape index (κ2) is 58.0. The number of aromatic nitrogens is 2. The lowest BCUT2D eigenvalue weighted by Gasteiger charge is -2.35. The fourth-order valence-electron chi connectivity index (χ4n) is 19.4. The van der Waals surface area contributed by atoms with E-state index in [2.05, 4.69) is 84.4 Å². The summed E-state index contributed by atoms with van der Waals surface area (Å²) in [6.45, 7) is 9.42. The normalized spacial score (nSPS) is 19.9. The first-order chi connectivity index (χ1) is 71.2. The minimum atomic E-state index is -1.83. The number of guanidine groups is 3. The zero-order valence-electron chi connectivity index (χ0n) is 85.6. The van der Waals surface area contributed by atoms with Gasteiger partial charge >= 0.3 is 5.97 Å². The minimum Gasteiger partial charge on any atom is -0.508 e. The van der Waals surface area contributed by atoms with Gasteiger partial charge in [0.15, 0.2) is 17.9 Å². The third kappa shape index (κ3) is 34.7. The van der Waals surface area contributed by atoms with Crippen molar-refractivity contribution < 1.29 is 111 Å². The van der Waals surface area contributed by atoms with Crippen molar-refractivity contribution in [3.8, 4) is 5.75 Å². The van der Waals surface area contributed by atoms with Crippen LogP contribution in [0.25, 0.3) is 0 Å². The quantitative estimate of drug-likeness (QED) is 0.0166. The molecule has 34 N–H and O–H groups in total. The van der Waals surface area contributed by atoms with Crippen molar-refractivity contribution in [2.45, 2.75) is 311 Å². The van der Waals surface area contributed by atoms with Crippen LogP contribution in [0.5, 0.6) is 5.75 Å². The number of nitrogens with two attached hydrogens (primary N) is 7. The topological polar surface area (TPSA) is 869 Å². The average Bonchev–Trinajstić information content (AvgIpc) is 1.64. The van der Waals surface area contributed by atoms with E-state index in [-0.39, 0.29) is 186 Å². The summed E-state index contributed by atoms with van der Waals surface area (Å²) in [4.78, 5) is 313. The minimum absolute atomic E-state index is 0.00703. The summed E-state index contributed by atoms with van der Waals surface area (Å²) < 4.78 is 0. The van der Waals surface area contributed by atoms with Gasteiger partial charge < -0.3 is 159 Å². The molecule has 55 heteroatoms. The van der Waals surface area contributed by atoms with Gasteiger partial charge in [-0.3, -0.25) is 112 Å². The zero-order valence-corrected chi connectivity index (χ0v) is 85.6. The van der Waals surface area contributed by atoms with Crippen molar-refractivity contribution in [1.82, 2.24) is 114 Å². The number of imidazole rings is 1. The Labute approximate surface area is 867 Å². The number of aromatic amines is 1. The third-order valence-electron chi connectivity index (χ3n) is 27.8. The lowest BCUT2D eigenvalue weighted by molar-refractivity contribution is -0.149. The molecule has 55 nitrogen and oxygen atoms in total. The number of phenolic OH excluding ortho intramolecular Hbond substituents is 1. The number of carboxylic acid groups (broad SMARTS) is 1. The summed E-state index contributed by atoms with van der Waals surface area (Å²) in [6, 6.07) is -18.3. The Morgan fingerprint density at radius 1 is 0.393 bits per heavy atom. The van der Waals surface area contributed by atoms with Gasteiger partial charge in [0.2, 0.25) is 118 Å². The van der Waals surface area contributed by atoms with E-state index in [1.165, 1.54) is 61.3 Å². The molecule has 0 radical (unpaired) electrons. The summed E-state index contributed by atoms with van der Waals surface area (Å²) in [6.07, 6.45) is 2.55.